The van der Waals surface area contributed by atoms with Crippen LogP contribution >= 0.6 is 0 Å². The van der Waals surface area contributed by atoms with Crippen LogP contribution in [0.15, 0.2) is 18.2 Å². The highest BCUT2D eigenvalue weighted by atomic mass is 16.6. The van der Waals surface area contributed by atoms with Crippen LogP contribution < -0.4 is 14.8 Å². The molecule has 116 valence electrons. The molecule has 1 saturated carbocycles. The van der Waals surface area contributed by atoms with Gasteiger partial charge in [-0.05, 0) is 31.7 Å². The van der Waals surface area contributed by atoms with Crippen LogP contribution in [0.2, 0.25) is 0 Å². The van der Waals surface area contributed by atoms with Crippen LogP contribution in [0.3, 0.4) is 0 Å². The number of fused-ring (bicyclic) bond motifs is 1. The zero-order valence-electron chi connectivity index (χ0n) is 13.1. The summed E-state index contributed by atoms with van der Waals surface area (Å²) in [5.74, 6) is 2.65. The zero-order chi connectivity index (χ0) is 14.5. The zero-order valence-corrected chi connectivity index (χ0v) is 13.1. The summed E-state index contributed by atoms with van der Waals surface area (Å²) in [5.41, 5.74) is 1.22. The topological polar surface area (TPSA) is 30.5 Å². The van der Waals surface area contributed by atoms with Crippen LogP contribution in [0.1, 0.15) is 51.0 Å². The molecule has 0 saturated heterocycles. The summed E-state index contributed by atoms with van der Waals surface area (Å²) in [6, 6.07) is 6.76. The molecule has 1 atom stereocenters. The standard InChI is InChI=1S/C18H27NO2/c1-14(15-7-4-2-3-5-8-15)19-13-16-9-6-10-17-18(16)21-12-11-20-17/h6,9-10,14-15,19H,2-5,7-8,11-13H2,1H3/t14-/m1/s1. The number of hydrogen-bond acceptors (Lipinski definition) is 3. The number of benzene rings is 1. The number of hydrogen-bond donors (Lipinski definition) is 1. The number of para-hydroxylation sites is 1. The average Bonchev–Trinajstić information content (AvgIpc) is 2.82. The summed E-state index contributed by atoms with van der Waals surface area (Å²) in [5, 5.41) is 3.71. The lowest BCUT2D eigenvalue weighted by atomic mass is 9.93. The van der Waals surface area contributed by atoms with Crippen molar-refractivity contribution < 1.29 is 9.47 Å². The Morgan fingerprint density at radius 1 is 1.10 bits per heavy atom. The summed E-state index contributed by atoms with van der Waals surface area (Å²) in [7, 11) is 0. The second kappa shape index (κ2) is 7.17. The number of ether oxygens (including phenoxy) is 2. The van der Waals surface area contributed by atoms with Crippen molar-refractivity contribution in [2.75, 3.05) is 13.2 Å². The van der Waals surface area contributed by atoms with Gasteiger partial charge in [0, 0.05) is 18.2 Å². The van der Waals surface area contributed by atoms with E-state index in [4.69, 9.17) is 9.47 Å². The van der Waals surface area contributed by atoms with Crippen LogP contribution in [0, 0.1) is 5.92 Å². The molecular weight excluding hydrogens is 262 g/mol. The van der Waals surface area contributed by atoms with Crippen molar-refractivity contribution in [3.8, 4) is 11.5 Å². The van der Waals surface area contributed by atoms with Crippen molar-refractivity contribution in [1.29, 1.82) is 0 Å². The molecule has 3 nitrogen and oxygen atoms in total. The fourth-order valence-electron chi connectivity index (χ4n) is 3.52. The first kappa shape index (κ1) is 14.7. The maximum absolute atomic E-state index is 5.79. The maximum Gasteiger partial charge on any atom is 0.165 e. The molecule has 1 aromatic carbocycles. The van der Waals surface area contributed by atoms with Gasteiger partial charge in [-0.1, -0.05) is 37.8 Å². The summed E-state index contributed by atoms with van der Waals surface area (Å²) in [6.07, 6.45) is 8.38. The van der Waals surface area contributed by atoms with E-state index in [1.54, 1.807) is 0 Å². The highest BCUT2D eigenvalue weighted by Gasteiger charge is 2.20. The van der Waals surface area contributed by atoms with Gasteiger partial charge in [0.05, 0.1) is 0 Å². The smallest absolute Gasteiger partial charge is 0.165 e. The number of rotatable bonds is 4. The summed E-state index contributed by atoms with van der Waals surface area (Å²) < 4.78 is 11.4. The molecule has 1 aliphatic heterocycles. The normalized spacial score (nSPS) is 20.8. The van der Waals surface area contributed by atoms with Gasteiger partial charge in [0.2, 0.25) is 0 Å². The van der Waals surface area contributed by atoms with Crippen molar-refractivity contribution in [2.45, 2.75) is 58.0 Å². The Balaban J connectivity index is 1.59. The minimum atomic E-state index is 0.573. The Hall–Kier alpha value is -1.22. The Labute approximate surface area is 128 Å². The first-order valence-electron chi connectivity index (χ1n) is 8.45. The third-order valence-electron chi connectivity index (χ3n) is 4.87. The summed E-state index contributed by atoms with van der Waals surface area (Å²) >= 11 is 0. The first-order valence-corrected chi connectivity index (χ1v) is 8.45. The van der Waals surface area contributed by atoms with E-state index in [1.807, 2.05) is 6.07 Å². The van der Waals surface area contributed by atoms with Crippen LogP contribution in [-0.2, 0) is 6.54 Å². The van der Waals surface area contributed by atoms with Gasteiger partial charge in [0.15, 0.2) is 11.5 Å². The van der Waals surface area contributed by atoms with Crippen molar-refractivity contribution in [3.63, 3.8) is 0 Å². The second-order valence-corrected chi connectivity index (χ2v) is 6.36. The highest BCUT2D eigenvalue weighted by molar-refractivity contribution is 5.47. The molecule has 3 rings (SSSR count). The molecule has 0 unspecified atom stereocenters. The largest absolute Gasteiger partial charge is 0.486 e. The van der Waals surface area contributed by atoms with E-state index < -0.39 is 0 Å². The summed E-state index contributed by atoms with van der Waals surface area (Å²) in [4.78, 5) is 0. The molecule has 0 amide bonds. The van der Waals surface area contributed by atoms with E-state index in [1.165, 1.54) is 44.1 Å². The molecule has 0 radical (unpaired) electrons. The van der Waals surface area contributed by atoms with Gasteiger partial charge < -0.3 is 14.8 Å². The van der Waals surface area contributed by atoms with E-state index in [-0.39, 0.29) is 0 Å². The van der Waals surface area contributed by atoms with Gasteiger partial charge in [-0.3, -0.25) is 0 Å². The van der Waals surface area contributed by atoms with Gasteiger partial charge >= 0.3 is 0 Å². The monoisotopic (exact) mass is 289 g/mol. The Morgan fingerprint density at radius 2 is 1.86 bits per heavy atom. The third kappa shape index (κ3) is 3.70. The lowest BCUT2D eigenvalue weighted by Gasteiger charge is -2.25. The molecule has 1 fully saturated rings. The SMILES string of the molecule is C[C@@H](NCc1cccc2c1OCCO2)C1CCCCCC1. The molecule has 1 aromatic rings. The maximum atomic E-state index is 5.79. The molecule has 2 aliphatic rings. The molecule has 0 aromatic heterocycles. The molecule has 0 bridgehead atoms. The van der Waals surface area contributed by atoms with Crippen molar-refractivity contribution in [3.05, 3.63) is 23.8 Å². The van der Waals surface area contributed by atoms with Gasteiger partial charge in [0.25, 0.3) is 0 Å². The molecule has 1 heterocycles. The van der Waals surface area contributed by atoms with E-state index in [0.717, 1.165) is 24.0 Å². The van der Waals surface area contributed by atoms with Crippen molar-refractivity contribution >= 4 is 0 Å². The van der Waals surface area contributed by atoms with Gasteiger partial charge in [-0.2, -0.15) is 0 Å². The van der Waals surface area contributed by atoms with Crippen molar-refractivity contribution in [2.24, 2.45) is 5.92 Å². The molecule has 1 N–H and O–H groups in total. The van der Waals surface area contributed by atoms with Gasteiger partial charge in [-0.25, -0.2) is 0 Å². The minimum Gasteiger partial charge on any atom is -0.486 e. The third-order valence-corrected chi connectivity index (χ3v) is 4.87. The van der Waals surface area contributed by atoms with Gasteiger partial charge in [0.1, 0.15) is 13.2 Å². The summed E-state index contributed by atoms with van der Waals surface area (Å²) in [6.45, 7) is 4.51. The van der Waals surface area contributed by atoms with Gasteiger partial charge in [-0.15, -0.1) is 0 Å². The molecular formula is C18H27NO2. The van der Waals surface area contributed by atoms with Crippen LogP contribution in [0.4, 0.5) is 0 Å². The average molecular weight is 289 g/mol. The van der Waals surface area contributed by atoms with Crippen LogP contribution in [-0.4, -0.2) is 19.3 Å². The second-order valence-electron chi connectivity index (χ2n) is 6.36. The minimum absolute atomic E-state index is 0.573. The van der Waals surface area contributed by atoms with Crippen molar-refractivity contribution in [1.82, 2.24) is 5.32 Å². The van der Waals surface area contributed by atoms with E-state index in [2.05, 4.69) is 24.4 Å². The van der Waals surface area contributed by atoms with Crippen LogP contribution in [0.25, 0.3) is 0 Å². The molecule has 3 heteroatoms. The quantitative estimate of drug-likeness (QED) is 0.853. The fourth-order valence-corrected chi connectivity index (χ4v) is 3.52. The highest BCUT2D eigenvalue weighted by Crippen LogP contribution is 2.34. The Bertz CT molecular complexity index is 453. The van der Waals surface area contributed by atoms with E-state index in [0.29, 0.717) is 19.3 Å². The predicted molar refractivity (Wildman–Crippen MR) is 84.9 cm³/mol. The molecule has 1 aliphatic carbocycles. The lowest BCUT2D eigenvalue weighted by Crippen LogP contribution is -2.33. The Morgan fingerprint density at radius 3 is 2.67 bits per heavy atom. The van der Waals surface area contributed by atoms with E-state index >= 15 is 0 Å². The first-order chi connectivity index (χ1) is 10.3. The fraction of sp³-hybridized carbons (Fsp3) is 0.667. The molecule has 0 spiro atoms. The Kier molecular flexibility index (Phi) is 5.02. The lowest BCUT2D eigenvalue weighted by molar-refractivity contribution is 0.169. The molecule has 21 heavy (non-hydrogen) atoms. The van der Waals surface area contributed by atoms with E-state index in [9.17, 15) is 0 Å². The number of nitrogens with one attached hydrogen (secondary N) is 1. The predicted octanol–water partition coefficient (Wildman–Crippen LogP) is 3.91. The van der Waals surface area contributed by atoms with Crippen LogP contribution in [0.5, 0.6) is 11.5 Å².